The third-order valence-electron chi connectivity index (χ3n) is 2.09. The summed E-state index contributed by atoms with van der Waals surface area (Å²) in [5, 5.41) is 8.85. The van der Waals surface area contributed by atoms with Crippen LogP contribution in [0.4, 0.5) is 0 Å². The van der Waals surface area contributed by atoms with Crippen LogP contribution in [0.15, 0.2) is 0 Å². The summed E-state index contributed by atoms with van der Waals surface area (Å²) in [6.07, 6.45) is -2.73. The molecule has 0 spiro atoms. The Kier molecular flexibility index (Phi) is 7.19. The summed E-state index contributed by atoms with van der Waals surface area (Å²) >= 11 is 0. The number of esters is 3. The van der Waals surface area contributed by atoms with Gasteiger partial charge in [-0.15, -0.1) is 0 Å². The molecule has 0 rings (SSSR count). The molecule has 0 aromatic heterocycles. The van der Waals surface area contributed by atoms with E-state index in [4.69, 9.17) is 19.5 Å². The molecule has 0 aromatic rings. The monoisotopic (exact) mass is 271 g/mol. The van der Waals surface area contributed by atoms with Crippen molar-refractivity contribution in [3.63, 3.8) is 0 Å². The maximum Gasteiger partial charge on any atom is 0.303 e. The third kappa shape index (κ3) is 7.76. The molecule has 3 atom stereocenters. The van der Waals surface area contributed by atoms with Gasteiger partial charge in [-0.2, -0.15) is 5.26 Å². The van der Waals surface area contributed by atoms with Gasteiger partial charge in [0.1, 0.15) is 18.3 Å². The van der Waals surface area contributed by atoms with Crippen molar-refractivity contribution in [2.75, 3.05) is 0 Å². The molecular formula is C12H17NO6. The van der Waals surface area contributed by atoms with Crippen molar-refractivity contribution in [2.45, 2.75) is 52.4 Å². The largest absolute Gasteiger partial charge is 0.459 e. The van der Waals surface area contributed by atoms with Gasteiger partial charge in [0.2, 0.25) is 0 Å². The molecule has 3 unspecified atom stereocenters. The van der Waals surface area contributed by atoms with Crippen molar-refractivity contribution in [3.05, 3.63) is 0 Å². The van der Waals surface area contributed by atoms with E-state index in [0.717, 1.165) is 0 Å². The fourth-order valence-electron chi connectivity index (χ4n) is 1.42. The number of carbonyl (C=O) groups is 3. The van der Waals surface area contributed by atoms with Gasteiger partial charge < -0.3 is 14.2 Å². The number of hydrogen-bond donors (Lipinski definition) is 0. The summed E-state index contributed by atoms with van der Waals surface area (Å²) in [5.41, 5.74) is 0. The van der Waals surface area contributed by atoms with Gasteiger partial charge in [0.25, 0.3) is 0 Å². The summed E-state index contributed by atoms with van der Waals surface area (Å²) in [6, 6.07) is 1.77. The first-order valence-corrected chi connectivity index (χ1v) is 5.67. The first-order valence-electron chi connectivity index (χ1n) is 5.67. The summed E-state index contributed by atoms with van der Waals surface area (Å²) in [7, 11) is 0. The van der Waals surface area contributed by atoms with Crippen molar-refractivity contribution >= 4 is 17.9 Å². The molecule has 0 radical (unpaired) electrons. The molecule has 0 aromatic carbocycles. The van der Waals surface area contributed by atoms with Crippen LogP contribution in [0, 0.1) is 11.3 Å². The highest BCUT2D eigenvalue weighted by Gasteiger charge is 2.28. The lowest BCUT2D eigenvalue weighted by Crippen LogP contribution is -2.35. The van der Waals surface area contributed by atoms with Crippen LogP contribution in [-0.4, -0.2) is 36.2 Å². The lowest BCUT2D eigenvalue weighted by molar-refractivity contribution is -0.167. The summed E-state index contributed by atoms with van der Waals surface area (Å²) in [5.74, 6) is -1.73. The van der Waals surface area contributed by atoms with Crippen molar-refractivity contribution in [2.24, 2.45) is 0 Å². The topological polar surface area (TPSA) is 103 Å². The molecule has 0 N–H and O–H groups in total. The lowest BCUT2D eigenvalue weighted by atomic mass is 10.1. The predicted octanol–water partition coefficient (Wildman–Crippen LogP) is 0.715. The number of rotatable bonds is 6. The van der Waals surface area contributed by atoms with Crippen molar-refractivity contribution in [1.82, 2.24) is 0 Å². The molecule has 0 saturated carbocycles. The van der Waals surface area contributed by atoms with E-state index in [2.05, 4.69) is 0 Å². The van der Waals surface area contributed by atoms with Crippen molar-refractivity contribution < 1.29 is 28.6 Å². The second kappa shape index (κ2) is 8.08. The highest BCUT2D eigenvalue weighted by atomic mass is 16.6. The minimum absolute atomic E-state index is 0.0654. The number of nitriles is 1. The van der Waals surface area contributed by atoms with Gasteiger partial charge in [-0.05, 0) is 6.92 Å². The normalized spacial score (nSPS) is 14.5. The lowest BCUT2D eigenvalue weighted by Gasteiger charge is -2.24. The molecule has 106 valence electrons. The molecule has 7 heteroatoms. The van der Waals surface area contributed by atoms with E-state index in [1.807, 2.05) is 0 Å². The minimum Gasteiger partial charge on any atom is -0.459 e. The zero-order valence-corrected chi connectivity index (χ0v) is 11.3. The highest BCUT2D eigenvalue weighted by molar-refractivity contribution is 5.67. The van der Waals surface area contributed by atoms with Crippen LogP contribution in [0.5, 0.6) is 0 Å². The standard InChI is InChI=1S/C12H17NO6/c1-7(17-8(2)14)12(19-10(4)16)5-11(6-13)18-9(3)15/h7,11-12H,5H2,1-4H3. The molecule has 0 heterocycles. The molecule has 0 saturated heterocycles. The van der Waals surface area contributed by atoms with Gasteiger partial charge in [-0.3, -0.25) is 14.4 Å². The molecule has 0 amide bonds. The maximum atomic E-state index is 11.0. The van der Waals surface area contributed by atoms with Crippen LogP contribution in [0.1, 0.15) is 34.1 Å². The summed E-state index contributed by atoms with van der Waals surface area (Å²) < 4.78 is 14.6. The first-order chi connectivity index (χ1) is 8.76. The van der Waals surface area contributed by atoms with Gasteiger partial charge in [0, 0.05) is 27.2 Å². The predicted molar refractivity (Wildman–Crippen MR) is 62.6 cm³/mol. The molecule has 7 nitrogen and oxygen atoms in total. The third-order valence-corrected chi connectivity index (χ3v) is 2.09. The summed E-state index contributed by atoms with van der Waals surface area (Å²) in [4.78, 5) is 32.6. The Morgan fingerprint density at radius 3 is 1.84 bits per heavy atom. The van der Waals surface area contributed by atoms with Crippen molar-refractivity contribution in [1.29, 1.82) is 5.26 Å². The van der Waals surface area contributed by atoms with Crippen LogP contribution in [0.3, 0.4) is 0 Å². The highest BCUT2D eigenvalue weighted by Crippen LogP contribution is 2.14. The molecule has 19 heavy (non-hydrogen) atoms. The molecule has 0 fully saturated rings. The summed E-state index contributed by atoms with van der Waals surface area (Å²) in [6.45, 7) is 5.10. The smallest absolute Gasteiger partial charge is 0.303 e. The van der Waals surface area contributed by atoms with Gasteiger partial charge >= 0.3 is 17.9 Å². The van der Waals surface area contributed by atoms with E-state index in [1.54, 1.807) is 6.07 Å². The Hall–Kier alpha value is -2.10. The second-order valence-electron chi connectivity index (χ2n) is 3.93. The van der Waals surface area contributed by atoms with E-state index in [1.165, 1.54) is 27.7 Å². The number of nitrogens with zero attached hydrogens (tertiary/aromatic N) is 1. The fourth-order valence-corrected chi connectivity index (χ4v) is 1.42. The average Bonchev–Trinajstić information content (AvgIpc) is 2.24. The number of ether oxygens (including phenoxy) is 3. The Balaban J connectivity index is 4.74. The first kappa shape index (κ1) is 16.9. The average molecular weight is 271 g/mol. The van der Waals surface area contributed by atoms with E-state index in [9.17, 15) is 14.4 Å². The molecule has 0 aliphatic carbocycles. The molecule has 0 aliphatic rings. The Morgan fingerprint density at radius 2 is 1.47 bits per heavy atom. The van der Waals surface area contributed by atoms with Crippen LogP contribution >= 0.6 is 0 Å². The zero-order valence-electron chi connectivity index (χ0n) is 11.3. The van der Waals surface area contributed by atoms with E-state index < -0.39 is 36.2 Å². The maximum absolute atomic E-state index is 11.0. The van der Waals surface area contributed by atoms with Crippen LogP contribution in [0.25, 0.3) is 0 Å². The van der Waals surface area contributed by atoms with E-state index >= 15 is 0 Å². The van der Waals surface area contributed by atoms with Gasteiger partial charge in [-0.1, -0.05) is 0 Å². The number of carbonyl (C=O) groups excluding carboxylic acids is 3. The molecule has 0 bridgehead atoms. The Morgan fingerprint density at radius 1 is 1.00 bits per heavy atom. The molecule has 0 aliphatic heterocycles. The SMILES string of the molecule is CC(=O)OC(C#N)CC(OC(C)=O)C(C)OC(C)=O. The quantitative estimate of drug-likeness (QED) is 0.517. The van der Waals surface area contributed by atoms with Gasteiger partial charge in [-0.25, -0.2) is 0 Å². The van der Waals surface area contributed by atoms with Crippen molar-refractivity contribution in [3.8, 4) is 6.07 Å². The van der Waals surface area contributed by atoms with E-state index in [0.29, 0.717) is 0 Å². The van der Waals surface area contributed by atoms with Gasteiger partial charge in [0.15, 0.2) is 6.10 Å². The Labute approximate surface area is 111 Å². The Bertz CT molecular complexity index is 386. The zero-order chi connectivity index (χ0) is 15.0. The number of hydrogen-bond acceptors (Lipinski definition) is 7. The fraction of sp³-hybridized carbons (Fsp3) is 0.667. The van der Waals surface area contributed by atoms with Crippen LogP contribution < -0.4 is 0 Å². The second-order valence-corrected chi connectivity index (χ2v) is 3.93. The van der Waals surface area contributed by atoms with Crippen LogP contribution in [-0.2, 0) is 28.6 Å². The minimum atomic E-state index is -1.07. The van der Waals surface area contributed by atoms with E-state index in [-0.39, 0.29) is 6.42 Å². The van der Waals surface area contributed by atoms with Gasteiger partial charge in [0.05, 0.1) is 0 Å². The van der Waals surface area contributed by atoms with Crippen LogP contribution in [0.2, 0.25) is 0 Å². The molecular weight excluding hydrogens is 254 g/mol.